The van der Waals surface area contributed by atoms with Gasteiger partial charge in [-0.3, -0.25) is 4.98 Å². The van der Waals surface area contributed by atoms with Crippen molar-refractivity contribution in [3.05, 3.63) is 23.5 Å². The Kier molecular flexibility index (Phi) is 1.38. The van der Waals surface area contributed by atoms with Gasteiger partial charge >= 0.3 is 0 Å². The minimum Gasteiger partial charge on any atom is -0.397 e. The van der Waals surface area contributed by atoms with E-state index in [0.29, 0.717) is 6.10 Å². The fraction of sp³-hybridized carbons (Fsp3) is 0.500. The first-order valence-electron chi connectivity index (χ1n) is 4.72. The minimum absolute atomic E-state index is 0.268. The summed E-state index contributed by atoms with van der Waals surface area (Å²) in [6, 6.07) is 2.01. The minimum atomic E-state index is 0.268. The lowest BCUT2D eigenvalue weighted by Gasteiger charge is -2.22. The van der Waals surface area contributed by atoms with Crippen molar-refractivity contribution < 1.29 is 4.74 Å². The van der Waals surface area contributed by atoms with Crippen molar-refractivity contribution in [3.63, 3.8) is 0 Å². The summed E-state index contributed by atoms with van der Waals surface area (Å²) in [7, 11) is 0. The van der Waals surface area contributed by atoms with E-state index in [-0.39, 0.29) is 6.10 Å². The van der Waals surface area contributed by atoms with E-state index in [1.807, 2.05) is 6.07 Å². The molecule has 2 aliphatic heterocycles. The molecule has 0 amide bonds. The van der Waals surface area contributed by atoms with Gasteiger partial charge in [-0.15, -0.1) is 0 Å². The first kappa shape index (κ1) is 7.33. The predicted octanol–water partition coefficient (Wildman–Crippen LogP) is 1.44. The summed E-state index contributed by atoms with van der Waals surface area (Å²) in [5, 5.41) is 0. The van der Waals surface area contributed by atoms with Crippen LogP contribution in [-0.4, -0.2) is 11.1 Å². The SMILES string of the molecule is Nc1cnc2c(c1)C1CCC(C2)O1. The molecule has 0 aliphatic carbocycles. The van der Waals surface area contributed by atoms with Crippen molar-refractivity contribution in [3.8, 4) is 0 Å². The molecule has 3 nitrogen and oxygen atoms in total. The highest BCUT2D eigenvalue weighted by molar-refractivity contribution is 5.42. The molecule has 2 aliphatic rings. The van der Waals surface area contributed by atoms with Gasteiger partial charge in [0.25, 0.3) is 0 Å². The van der Waals surface area contributed by atoms with Crippen LogP contribution < -0.4 is 5.73 Å². The molecule has 2 unspecified atom stereocenters. The summed E-state index contributed by atoms with van der Waals surface area (Å²) in [5.41, 5.74) is 8.84. The molecule has 0 aromatic carbocycles. The maximum atomic E-state index is 5.78. The predicted molar refractivity (Wildman–Crippen MR) is 49.2 cm³/mol. The molecule has 0 spiro atoms. The lowest BCUT2D eigenvalue weighted by atomic mass is 10.0. The Morgan fingerprint density at radius 1 is 1.46 bits per heavy atom. The Hall–Kier alpha value is -1.09. The first-order valence-corrected chi connectivity index (χ1v) is 4.72. The molecule has 2 N–H and O–H groups in total. The van der Waals surface area contributed by atoms with Crippen molar-refractivity contribution >= 4 is 5.69 Å². The van der Waals surface area contributed by atoms with E-state index in [1.54, 1.807) is 6.20 Å². The number of fused-ring (bicyclic) bond motifs is 4. The third-order valence-electron chi connectivity index (χ3n) is 2.90. The fourth-order valence-corrected chi connectivity index (χ4v) is 2.28. The average molecular weight is 176 g/mol. The summed E-state index contributed by atoms with van der Waals surface area (Å²) < 4.78 is 5.78. The number of hydrogen-bond donors (Lipinski definition) is 1. The monoisotopic (exact) mass is 176 g/mol. The molecule has 0 radical (unpaired) electrons. The quantitative estimate of drug-likeness (QED) is 0.650. The van der Waals surface area contributed by atoms with E-state index < -0.39 is 0 Å². The zero-order valence-corrected chi connectivity index (χ0v) is 7.36. The molecule has 2 atom stereocenters. The zero-order valence-electron chi connectivity index (χ0n) is 7.36. The molecule has 0 saturated carbocycles. The second-order valence-corrected chi connectivity index (χ2v) is 3.83. The topological polar surface area (TPSA) is 48.1 Å². The van der Waals surface area contributed by atoms with Gasteiger partial charge in [0.15, 0.2) is 0 Å². The van der Waals surface area contributed by atoms with Crippen molar-refractivity contribution in [1.82, 2.24) is 4.98 Å². The van der Waals surface area contributed by atoms with Gasteiger partial charge in [-0.1, -0.05) is 0 Å². The molecule has 1 saturated heterocycles. The number of aromatic nitrogens is 1. The van der Waals surface area contributed by atoms with E-state index in [0.717, 1.165) is 18.5 Å². The van der Waals surface area contributed by atoms with Crippen molar-refractivity contribution in [1.29, 1.82) is 0 Å². The van der Waals surface area contributed by atoms with Crippen LogP contribution in [0.3, 0.4) is 0 Å². The number of nitrogens with two attached hydrogens (primary N) is 1. The van der Waals surface area contributed by atoms with Gasteiger partial charge in [0.1, 0.15) is 0 Å². The largest absolute Gasteiger partial charge is 0.397 e. The maximum Gasteiger partial charge on any atom is 0.0848 e. The van der Waals surface area contributed by atoms with E-state index in [2.05, 4.69) is 4.98 Å². The Balaban J connectivity index is 2.12. The van der Waals surface area contributed by atoms with E-state index >= 15 is 0 Å². The van der Waals surface area contributed by atoms with Gasteiger partial charge < -0.3 is 10.5 Å². The number of nitrogen functional groups attached to an aromatic ring is 1. The second-order valence-electron chi connectivity index (χ2n) is 3.83. The summed E-state index contributed by atoms with van der Waals surface area (Å²) in [6.07, 6.45) is 5.68. The molecular formula is C10H12N2O. The highest BCUT2D eigenvalue weighted by Gasteiger charge is 2.34. The van der Waals surface area contributed by atoms with Crippen LogP contribution in [0, 0.1) is 0 Å². The van der Waals surface area contributed by atoms with Gasteiger partial charge in [0.05, 0.1) is 24.1 Å². The van der Waals surface area contributed by atoms with Crippen LogP contribution in [0.4, 0.5) is 5.69 Å². The second kappa shape index (κ2) is 2.45. The molecule has 1 aromatic heterocycles. The van der Waals surface area contributed by atoms with Crippen LogP contribution in [0.2, 0.25) is 0 Å². The van der Waals surface area contributed by atoms with Crippen LogP contribution in [0.5, 0.6) is 0 Å². The number of rotatable bonds is 0. The van der Waals surface area contributed by atoms with Crippen LogP contribution in [-0.2, 0) is 11.2 Å². The molecule has 3 heteroatoms. The molecule has 1 aromatic rings. The highest BCUT2D eigenvalue weighted by atomic mass is 16.5. The van der Waals surface area contributed by atoms with Crippen LogP contribution in [0.1, 0.15) is 30.2 Å². The Morgan fingerprint density at radius 3 is 3.31 bits per heavy atom. The van der Waals surface area contributed by atoms with Crippen LogP contribution >= 0.6 is 0 Å². The number of nitrogens with zero attached hydrogens (tertiary/aromatic N) is 1. The van der Waals surface area contributed by atoms with Crippen LogP contribution in [0.25, 0.3) is 0 Å². The van der Waals surface area contributed by atoms with Gasteiger partial charge in [-0.05, 0) is 18.9 Å². The third kappa shape index (κ3) is 1.04. The average Bonchev–Trinajstić information content (AvgIpc) is 2.51. The summed E-state index contributed by atoms with van der Waals surface area (Å²) in [5.74, 6) is 0. The van der Waals surface area contributed by atoms with Crippen molar-refractivity contribution in [2.75, 3.05) is 5.73 Å². The lowest BCUT2D eigenvalue weighted by Crippen LogP contribution is -2.19. The smallest absolute Gasteiger partial charge is 0.0848 e. The number of pyridine rings is 1. The van der Waals surface area contributed by atoms with Gasteiger partial charge in [-0.2, -0.15) is 0 Å². The number of hydrogen-bond acceptors (Lipinski definition) is 3. The third-order valence-corrected chi connectivity index (χ3v) is 2.90. The molecule has 3 rings (SSSR count). The first-order chi connectivity index (χ1) is 6.33. The van der Waals surface area contributed by atoms with E-state index in [1.165, 1.54) is 17.7 Å². The highest BCUT2D eigenvalue weighted by Crippen LogP contribution is 2.40. The fourth-order valence-electron chi connectivity index (χ4n) is 2.28. The summed E-state index contributed by atoms with van der Waals surface area (Å²) in [6.45, 7) is 0. The summed E-state index contributed by atoms with van der Waals surface area (Å²) in [4.78, 5) is 4.35. The molecular weight excluding hydrogens is 164 g/mol. The number of anilines is 1. The molecule has 2 bridgehead atoms. The Bertz CT molecular complexity index is 351. The Morgan fingerprint density at radius 2 is 2.38 bits per heavy atom. The summed E-state index contributed by atoms with van der Waals surface area (Å²) >= 11 is 0. The molecule has 13 heavy (non-hydrogen) atoms. The van der Waals surface area contributed by atoms with Gasteiger partial charge in [0, 0.05) is 17.7 Å². The zero-order chi connectivity index (χ0) is 8.84. The molecule has 1 fully saturated rings. The maximum absolute atomic E-state index is 5.78. The molecule has 3 heterocycles. The van der Waals surface area contributed by atoms with Crippen LogP contribution in [0.15, 0.2) is 12.3 Å². The standard InChI is InChI=1S/C10H12N2O/c11-6-3-8-9(12-5-6)4-7-1-2-10(8)13-7/h3,5,7,10H,1-2,4,11H2. The Labute approximate surface area is 76.9 Å². The van der Waals surface area contributed by atoms with Gasteiger partial charge in [0.2, 0.25) is 0 Å². The van der Waals surface area contributed by atoms with E-state index in [9.17, 15) is 0 Å². The van der Waals surface area contributed by atoms with E-state index in [4.69, 9.17) is 10.5 Å². The molecule has 68 valence electrons. The lowest BCUT2D eigenvalue weighted by molar-refractivity contribution is 0.0311. The normalized spacial score (nSPS) is 30.2. The van der Waals surface area contributed by atoms with Gasteiger partial charge in [-0.25, -0.2) is 0 Å². The van der Waals surface area contributed by atoms with Crippen molar-refractivity contribution in [2.45, 2.75) is 31.5 Å². The number of ether oxygens (including phenoxy) is 1. The van der Waals surface area contributed by atoms with Crippen molar-refractivity contribution in [2.24, 2.45) is 0 Å².